The van der Waals surface area contributed by atoms with Gasteiger partial charge in [-0.25, -0.2) is 9.78 Å². The van der Waals surface area contributed by atoms with Crippen molar-refractivity contribution in [2.24, 2.45) is 0 Å². The number of nitrogens with zero attached hydrogens (tertiary/aromatic N) is 1. The lowest BCUT2D eigenvalue weighted by atomic mass is 10.1. The summed E-state index contributed by atoms with van der Waals surface area (Å²) in [7, 11) is 2.66. The Hall–Kier alpha value is -2.89. The minimum atomic E-state index is -0.503. The van der Waals surface area contributed by atoms with Gasteiger partial charge in [0.1, 0.15) is 5.69 Å². The van der Waals surface area contributed by atoms with E-state index in [2.05, 4.69) is 14.7 Å². The number of hydrogen-bond acceptors (Lipinski definition) is 5. The number of pyridine rings is 1. The Balaban J connectivity index is 2.18. The summed E-state index contributed by atoms with van der Waals surface area (Å²) < 4.78 is 9.45. The van der Waals surface area contributed by atoms with Gasteiger partial charge in [0.25, 0.3) is 0 Å². The average molecular weight is 312 g/mol. The van der Waals surface area contributed by atoms with Crippen molar-refractivity contribution in [3.05, 3.63) is 41.7 Å². The van der Waals surface area contributed by atoms with Gasteiger partial charge in [0, 0.05) is 22.7 Å². The van der Waals surface area contributed by atoms with Gasteiger partial charge in [-0.3, -0.25) is 4.79 Å². The van der Waals surface area contributed by atoms with Crippen LogP contribution in [0.1, 0.15) is 22.6 Å². The second-order valence-corrected chi connectivity index (χ2v) is 5.12. The number of carbonyl (C=O) groups is 2. The number of H-pyrrole nitrogens is 1. The second-order valence-electron chi connectivity index (χ2n) is 5.12. The van der Waals surface area contributed by atoms with E-state index in [9.17, 15) is 9.59 Å². The van der Waals surface area contributed by atoms with Gasteiger partial charge in [0.15, 0.2) is 0 Å². The van der Waals surface area contributed by atoms with Crippen LogP contribution < -0.4 is 0 Å². The number of nitrogens with one attached hydrogen (secondary N) is 1. The largest absolute Gasteiger partial charge is 0.469 e. The predicted octanol–water partition coefficient (Wildman–Crippen LogP) is 2.61. The number of benzene rings is 1. The van der Waals surface area contributed by atoms with Crippen molar-refractivity contribution in [1.82, 2.24) is 9.97 Å². The number of methoxy groups -OCH3 is 2. The summed E-state index contributed by atoms with van der Waals surface area (Å²) in [5, 5.41) is 1.88. The van der Waals surface area contributed by atoms with Gasteiger partial charge in [-0.1, -0.05) is 18.2 Å². The normalized spacial score (nSPS) is 10.9. The molecule has 0 aliphatic rings. The molecular formula is C17H16N2O4. The molecule has 2 aromatic heterocycles. The van der Waals surface area contributed by atoms with Crippen LogP contribution in [0.25, 0.3) is 21.8 Å². The maximum atomic E-state index is 11.9. The van der Waals surface area contributed by atoms with Crippen LogP contribution in [0.4, 0.5) is 0 Å². The number of esters is 2. The summed E-state index contributed by atoms with van der Waals surface area (Å²) >= 11 is 0. The molecule has 0 amide bonds. The molecule has 118 valence electrons. The molecule has 2 heterocycles. The molecule has 3 aromatic rings. The van der Waals surface area contributed by atoms with Gasteiger partial charge in [-0.05, 0) is 12.1 Å². The van der Waals surface area contributed by atoms with Crippen LogP contribution in [0.2, 0.25) is 0 Å². The third-order valence-electron chi connectivity index (χ3n) is 3.76. The number of carbonyl (C=O) groups excluding carboxylic acids is 2. The van der Waals surface area contributed by atoms with Crippen LogP contribution in [0.15, 0.2) is 30.3 Å². The van der Waals surface area contributed by atoms with Crippen molar-refractivity contribution in [1.29, 1.82) is 0 Å². The maximum absolute atomic E-state index is 11.9. The Morgan fingerprint density at radius 1 is 1.13 bits per heavy atom. The molecule has 6 nitrogen and oxygen atoms in total. The second kappa shape index (κ2) is 6.08. The highest BCUT2D eigenvalue weighted by atomic mass is 16.5. The average Bonchev–Trinajstić information content (AvgIpc) is 2.97. The number of para-hydroxylation sites is 1. The van der Waals surface area contributed by atoms with Crippen molar-refractivity contribution in [2.45, 2.75) is 12.8 Å². The van der Waals surface area contributed by atoms with Crippen LogP contribution in [0, 0.1) is 0 Å². The number of fused-ring (bicyclic) bond motifs is 3. The van der Waals surface area contributed by atoms with Crippen molar-refractivity contribution >= 4 is 33.7 Å². The first kappa shape index (κ1) is 15.0. The minimum absolute atomic E-state index is 0.193. The van der Waals surface area contributed by atoms with E-state index < -0.39 is 5.97 Å². The zero-order valence-electron chi connectivity index (χ0n) is 12.9. The van der Waals surface area contributed by atoms with Gasteiger partial charge in [0.05, 0.1) is 31.9 Å². The lowest BCUT2D eigenvalue weighted by Gasteiger charge is -2.05. The fourth-order valence-electron chi connectivity index (χ4n) is 2.62. The molecule has 0 radical (unpaired) electrons. The van der Waals surface area contributed by atoms with Crippen LogP contribution in [0.3, 0.4) is 0 Å². The van der Waals surface area contributed by atoms with Crippen LogP contribution >= 0.6 is 0 Å². The van der Waals surface area contributed by atoms with Crippen LogP contribution in [0.5, 0.6) is 0 Å². The molecule has 0 aliphatic heterocycles. The molecule has 1 N–H and O–H groups in total. The van der Waals surface area contributed by atoms with E-state index in [1.54, 1.807) is 6.07 Å². The number of rotatable bonds is 4. The van der Waals surface area contributed by atoms with Crippen molar-refractivity contribution < 1.29 is 19.1 Å². The van der Waals surface area contributed by atoms with E-state index in [1.165, 1.54) is 14.2 Å². The van der Waals surface area contributed by atoms with Crippen LogP contribution in [-0.2, 0) is 20.7 Å². The maximum Gasteiger partial charge on any atom is 0.356 e. The van der Waals surface area contributed by atoms with E-state index in [-0.39, 0.29) is 18.1 Å². The molecule has 0 bridgehead atoms. The Morgan fingerprint density at radius 2 is 1.91 bits per heavy atom. The smallest absolute Gasteiger partial charge is 0.356 e. The zero-order valence-corrected chi connectivity index (χ0v) is 12.9. The highest BCUT2D eigenvalue weighted by molar-refractivity contribution is 6.09. The standard InChI is InChI=1S/C17H16N2O4/c1-22-15(20)8-7-13-16-11(9-14(18-13)17(21)23-2)10-5-3-4-6-12(10)19-16/h3-6,9,19H,7-8H2,1-2H3. The summed E-state index contributed by atoms with van der Waals surface area (Å²) in [5.74, 6) is -0.823. The van der Waals surface area contributed by atoms with E-state index in [0.717, 1.165) is 21.8 Å². The van der Waals surface area contributed by atoms with Gasteiger partial charge in [-0.2, -0.15) is 0 Å². The van der Waals surface area contributed by atoms with E-state index in [0.29, 0.717) is 12.1 Å². The molecule has 1 aromatic carbocycles. The minimum Gasteiger partial charge on any atom is -0.469 e. The molecule has 23 heavy (non-hydrogen) atoms. The molecule has 0 atom stereocenters. The third kappa shape index (κ3) is 2.75. The topological polar surface area (TPSA) is 81.3 Å². The van der Waals surface area contributed by atoms with Gasteiger partial charge < -0.3 is 14.5 Å². The zero-order chi connectivity index (χ0) is 16.4. The molecule has 3 rings (SSSR count). The SMILES string of the molecule is COC(=O)CCc1nc(C(=O)OC)cc2c1[nH]c1ccccc12. The van der Waals surface area contributed by atoms with Crippen molar-refractivity contribution in [2.75, 3.05) is 14.2 Å². The molecule has 0 aliphatic carbocycles. The Kier molecular flexibility index (Phi) is 3.97. The molecule has 0 saturated heterocycles. The third-order valence-corrected chi connectivity index (χ3v) is 3.76. The Labute approximate surface area is 132 Å². The van der Waals surface area contributed by atoms with E-state index in [4.69, 9.17) is 4.74 Å². The number of aromatic nitrogens is 2. The number of aryl methyl sites for hydroxylation is 1. The van der Waals surface area contributed by atoms with Crippen molar-refractivity contribution in [3.8, 4) is 0 Å². The van der Waals surface area contributed by atoms with Crippen molar-refractivity contribution in [3.63, 3.8) is 0 Å². The first-order chi connectivity index (χ1) is 11.1. The summed E-state index contributed by atoms with van der Waals surface area (Å²) in [6.07, 6.45) is 0.569. The summed E-state index contributed by atoms with van der Waals surface area (Å²) in [6.45, 7) is 0. The monoisotopic (exact) mass is 312 g/mol. The molecule has 0 spiro atoms. The lowest BCUT2D eigenvalue weighted by molar-refractivity contribution is -0.140. The summed E-state index contributed by atoms with van der Waals surface area (Å²) in [4.78, 5) is 31.0. The van der Waals surface area contributed by atoms with E-state index >= 15 is 0 Å². The number of aromatic amines is 1. The summed E-state index contributed by atoms with van der Waals surface area (Å²) in [6, 6.07) is 9.50. The highest BCUT2D eigenvalue weighted by Gasteiger charge is 2.16. The fourth-order valence-corrected chi connectivity index (χ4v) is 2.62. The fraction of sp³-hybridized carbons (Fsp3) is 0.235. The first-order valence-corrected chi connectivity index (χ1v) is 7.19. The molecule has 0 unspecified atom stereocenters. The Bertz CT molecular complexity index is 898. The molecule has 6 heteroatoms. The van der Waals surface area contributed by atoms with Gasteiger partial charge in [0.2, 0.25) is 0 Å². The predicted molar refractivity (Wildman–Crippen MR) is 85.3 cm³/mol. The first-order valence-electron chi connectivity index (χ1n) is 7.19. The number of hydrogen-bond donors (Lipinski definition) is 1. The quantitative estimate of drug-likeness (QED) is 0.749. The Morgan fingerprint density at radius 3 is 2.65 bits per heavy atom. The molecular weight excluding hydrogens is 296 g/mol. The molecule has 0 saturated carbocycles. The summed E-state index contributed by atoms with van der Waals surface area (Å²) in [5.41, 5.74) is 2.64. The highest BCUT2D eigenvalue weighted by Crippen LogP contribution is 2.28. The number of ether oxygens (including phenoxy) is 2. The van der Waals surface area contributed by atoms with Gasteiger partial charge >= 0.3 is 11.9 Å². The van der Waals surface area contributed by atoms with Gasteiger partial charge in [-0.15, -0.1) is 0 Å². The lowest BCUT2D eigenvalue weighted by Crippen LogP contribution is -2.08. The van der Waals surface area contributed by atoms with Crippen LogP contribution in [-0.4, -0.2) is 36.1 Å². The van der Waals surface area contributed by atoms with E-state index in [1.807, 2.05) is 24.3 Å². The molecule has 0 fully saturated rings.